The number of rotatable bonds is 10. The topological polar surface area (TPSA) is 64.1 Å². The number of benzene rings is 1. The molecule has 0 aliphatic carbocycles. The monoisotopic (exact) mass is 363 g/mol. The molecule has 0 heterocycles. The van der Waals surface area contributed by atoms with Gasteiger partial charge in [-0.1, -0.05) is 18.2 Å². The molecule has 25 heavy (non-hydrogen) atoms. The molecule has 0 radical (unpaired) electrons. The maximum atomic E-state index is 12.4. The number of nitrogens with zero attached hydrogens (tertiary/aromatic N) is 1. The first kappa shape index (κ1) is 21.0. The quantitative estimate of drug-likeness (QED) is 0.379. The van der Waals surface area contributed by atoms with Crippen molar-refractivity contribution in [1.29, 1.82) is 0 Å². The van der Waals surface area contributed by atoms with Crippen LogP contribution in [0.15, 0.2) is 29.3 Å². The third-order valence-electron chi connectivity index (χ3n) is 2.92. The van der Waals surface area contributed by atoms with Gasteiger partial charge < -0.3 is 24.8 Å². The zero-order chi connectivity index (χ0) is 18.5. The van der Waals surface area contributed by atoms with Crippen LogP contribution in [0.3, 0.4) is 0 Å². The van der Waals surface area contributed by atoms with Gasteiger partial charge in [0.15, 0.2) is 5.96 Å². The van der Waals surface area contributed by atoms with Crippen molar-refractivity contribution in [1.82, 2.24) is 10.6 Å². The summed E-state index contributed by atoms with van der Waals surface area (Å²) in [6.45, 7) is 4.55. The minimum Gasteiger partial charge on any atom is -0.405 e. The van der Waals surface area contributed by atoms with E-state index in [1.54, 1.807) is 19.2 Å². The predicted molar refractivity (Wildman–Crippen MR) is 88.6 cm³/mol. The molecule has 9 heteroatoms. The van der Waals surface area contributed by atoms with E-state index in [1.807, 2.05) is 6.92 Å². The second kappa shape index (κ2) is 11.5. The number of methoxy groups -OCH3 is 1. The molecule has 0 amide bonds. The maximum absolute atomic E-state index is 12.4. The van der Waals surface area contributed by atoms with Crippen molar-refractivity contribution in [3.63, 3.8) is 0 Å². The Balaban J connectivity index is 2.59. The van der Waals surface area contributed by atoms with Crippen LogP contribution < -0.4 is 15.4 Å². The Bertz CT molecular complexity index is 525. The maximum Gasteiger partial charge on any atom is 0.573 e. The van der Waals surface area contributed by atoms with E-state index in [-0.39, 0.29) is 12.3 Å². The van der Waals surface area contributed by atoms with Gasteiger partial charge in [0.25, 0.3) is 0 Å². The number of halogens is 3. The van der Waals surface area contributed by atoms with Crippen LogP contribution in [-0.2, 0) is 16.0 Å². The van der Waals surface area contributed by atoms with Crippen LogP contribution in [0.1, 0.15) is 12.5 Å². The summed E-state index contributed by atoms with van der Waals surface area (Å²) in [7, 11) is 1.60. The van der Waals surface area contributed by atoms with Gasteiger partial charge in [-0.3, -0.25) is 0 Å². The Morgan fingerprint density at radius 2 is 1.88 bits per heavy atom. The first-order valence-electron chi connectivity index (χ1n) is 7.88. The summed E-state index contributed by atoms with van der Waals surface area (Å²) in [6.07, 6.45) is -4.73. The van der Waals surface area contributed by atoms with Gasteiger partial charge in [0, 0.05) is 25.8 Å². The minimum atomic E-state index is -4.73. The number of ether oxygens (including phenoxy) is 3. The lowest BCUT2D eigenvalue weighted by molar-refractivity contribution is -0.274. The highest BCUT2D eigenvalue weighted by molar-refractivity contribution is 5.79. The highest BCUT2D eigenvalue weighted by atomic mass is 19.4. The predicted octanol–water partition coefficient (Wildman–Crippen LogP) is 2.30. The molecule has 1 aromatic carbocycles. The molecule has 0 unspecified atom stereocenters. The zero-order valence-corrected chi connectivity index (χ0v) is 14.4. The number of alkyl halides is 3. The minimum absolute atomic E-state index is 0.0477. The summed E-state index contributed by atoms with van der Waals surface area (Å²) in [5.41, 5.74) is 0.341. The number of guanidine groups is 1. The first-order valence-corrected chi connectivity index (χ1v) is 7.88. The Kier molecular flexibility index (Phi) is 9.71. The van der Waals surface area contributed by atoms with E-state index in [0.717, 1.165) is 0 Å². The van der Waals surface area contributed by atoms with Crippen molar-refractivity contribution in [2.45, 2.75) is 19.8 Å². The molecule has 6 nitrogen and oxygen atoms in total. The average molecular weight is 363 g/mol. The largest absolute Gasteiger partial charge is 0.573 e. The molecular formula is C16H24F3N3O3. The van der Waals surface area contributed by atoms with Crippen LogP contribution in [0.5, 0.6) is 5.75 Å². The van der Waals surface area contributed by atoms with Gasteiger partial charge in [-0.25, -0.2) is 4.99 Å². The van der Waals surface area contributed by atoms with Gasteiger partial charge in [0.05, 0.1) is 26.4 Å². The molecule has 0 aliphatic heterocycles. The van der Waals surface area contributed by atoms with Crippen LogP contribution in [0.2, 0.25) is 0 Å². The summed E-state index contributed by atoms with van der Waals surface area (Å²) in [4.78, 5) is 4.28. The fourth-order valence-electron chi connectivity index (χ4n) is 1.85. The first-order chi connectivity index (χ1) is 12.0. The van der Waals surface area contributed by atoms with Gasteiger partial charge in [0.1, 0.15) is 5.75 Å². The fourth-order valence-corrected chi connectivity index (χ4v) is 1.85. The van der Waals surface area contributed by atoms with Crippen molar-refractivity contribution < 1.29 is 27.4 Å². The van der Waals surface area contributed by atoms with Crippen molar-refractivity contribution in [3.05, 3.63) is 29.8 Å². The van der Waals surface area contributed by atoms with Crippen molar-refractivity contribution in [2.24, 2.45) is 4.99 Å². The van der Waals surface area contributed by atoms with Crippen LogP contribution in [0, 0.1) is 0 Å². The van der Waals surface area contributed by atoms with E-state index in [4.69, 9.17) is 9.47 Å². The Labute approximate surface area is 145 Å². The molecule has 0 aliphatic rings. The second-order valence-corrected chi connectivity index (χ2v) is 4.88. The molecule has 0 bridgehead atoms. The van der Waals surface area contributed by atoms with Crippen LogP contribution >= 0.6 is 0 Å². The summed E-state index contributed by atoms with van der Waals surface area (Å²) in [6, 6.07) is 5.93. The van der Waals surface area contributed by atoms with Gasteiger partial charge in [0.2, 0.25) is 0 Å². The number of para-hydroxylation sites is 1. The fraction of sp³-hybridized carbons (Fsp3) is 0.562. The molecule has 0 atom stereocenters. The molecule has 1 rings (SSSR count). The van der Waals surface area contributed by atoms with E-state index in [9.17, 15) is 13.2 Å². The molecule has 2 N–H and O–H groups in total. The van der Waals surface area contributed by atoms with E-state index in [2.05, 4.69) is 20.4 Å². The van der Waals surface area contributed by atoms with E-state index in [1.165, 1.54) is 12.1 Å². The summed E-state index contributed by atoms with van der Waals surface area (Å²) < 4.78 is 51.5. The third-order valence-corrected chi connectivity index (χ3v) is 2.92. The second-order valence-electron chi connectivity index (χ2n) is 4.88. The molecule has 0 aromatic heterocycles. The normalized spacial score (nSPS) is 12.1. The number of hydrogen-bond acceptors (Lipinski definition) is 4. The summed E-state index contributed by atoms with van der Waals surface area (Å²) in [5.74, 6) is 0.233. The smallest absolute Gasteiger partial charge is 0.405 e. The number of hydrogen-bond donors (Lipinski definition) is 2. The molecule has 0 saturated carbocycles. The van der Waals surface area contributed by atoms with Crippen LogP contribution in [-0.4, -0.2) is 52.3 Å². The summed E-state index contributed by atoms with van der Waals surface area (Å²) in [5, 5.41) is 6.06. The Hall–Kier alpha value is -2.00. The molecule has 0 spiro atoms. The van der Waals surface area contributed by atoms with Gasteiger partial charge in [-0.05, 0) is 13.0 Å². The lowest BCUT2D eigenvalue weighted by Crippen LogP contribution is -2.39. The number of aliphatic imine (C=N–C) groups is 1. The molecular weight excluding hydrogens is 339 g/mol. The standard InChI is InChI=1S/C16H24F3N3O3/c1-3-20-15(21-8-9-24-11-10-23-2)22-12-13-6-4-5-7-14(13)25-16(17,18)19/h4-7H,3,8-12H2,1-2H3,(H2,20,21,22). The van der Waals surface area contributed by atoms with E-state index < -0.39 is 6.36 Å². The van der Waals surface area contributed by atoms with Gasteiger partial charge in [-0.2, -0.15) is 0 Å². The average Bonchev–Trinajstić information content (AvgIpc) is 2.55. The highest BCUT2D eigenvalue weighted by Crippen LogP contribution is 2.26. The van der Waals surface area contributed by atoms with Crippen LogP contribution in [0.25, 0.3) is 0 Å². The highest BCUT2D eigenvalue weighted by Gasteiger charge is 2.31. The molecule has 142 valence electrons. The van der Waals surface area contributed by atoms with Crippen molar-refractivity contribution in [2.75, 3.05) is 40.0 Å². The van der Waals surface area contributed by atoms with Crippen molar-refractivity contribution >= 4 is 5.96 Å². The zero-order valence-electron chi connectivity index (χ0n) is 14.4. The van der Waals surface area contributed by atoms with Crippen molar-refractivity contribution in [3.8, 4) is 5.75 Å². The number of nitrogens with one attached hydrogen (secondary N) is 2. The molecule has 0 saturated heterocycles. The Morgan fingerprint density at radius 1 is 1.12 bits per heavy atom. The third kappa shape index (κ3) is 9.78. The lowest BCUT2D eigenvalue weighted by Gasteiger charge is -2.14. The van der Waals surface area contributed by atoms with Gasteiger partial charge >= 0.3 is 6.36 Å². The van der Waals surface area contributed by atoms with E-state index >= 15 is 0 Å². The summed E-state index contributed by atoms with van der Waals surface area (Å²) >= 11 is 0. The Morgan fingerprint density at radius 3 is 2.56 bits per heavy atom. The SMILES string of the molecule is CCNC(=NCc1ccccc1OC(F)(F)F)NCCOCCOC. The molecule has 0 fully saturated rings. The van der Waals surface area contributed by atoms with E-state index in [0.29, 0.717) is 44.4 Å². The molecule has 1 aromatic rings. The lowest BCUT2D eigenvalue weighted by atomic mass is 10.2. The van der Waals surface area contributed by atoms with Crippen LogP contribution in [0.4, 0.5) is 13.2 Å². The van der Waals surface area contributed by atoms with Gasteiger partial charge in [-0.15, -0.1) is 13.2 Å².